The van der Waals surface area contributed by atoms with E-state index in [1.807, 2.05) is 19.9 Å². The van der Waals surface area contributed by atoms with Crippen molar-refractivity contribution in [3.63, 3.8) is 0 Å². The van der Waals surface area contributed by atoms with Gasteiger partial charge in [0.05, 0.1) is 17.0 Å². The molecular formula is C14H14Br2N4O. The maximum absolute atomic E-state index is 12.2. The van der Waals surface area contributed by atoms with Crippen LogP contribution >= 0.6 is 31.9 Å². The lowest BCUT2D eigenvalue weighted by atomic mass is 10.2. The van der Waals surface area contributed by atoms with E-state index in [9.17, 15) is 4.79 Å². The fraction of sp³-hybridized carbons (Fsp3) is 0.286. The lowest BCUT2D eigenvalue weighted by Crippen LogP contribution is -2.17. The number of halogens is 2. The van der Waals surface area contributed by atoms with Gasteiger partial charge in [-0.1, -0.05) is 29.8 Å². The second-order valence-electron chi connectivity index (χ2n) is 4.31. The van der Waals surface area contributed by atoms with E-state index < -0.39 is 0 Å². The van der Waals surface area contributed by atoms with Gasteiger partial charge in [-0.05, 0) is 47.0 Å². The zero-order valence-corrected chi connectivity index (χ0v) is 14.8. The molecule has 0 aliphatic heterocycles. The van der Waals surface area contributed by atoms with Gasteiger partial charge in [0.1, 0.15) is 0 Å². The summed E-state index contributed by atoms with van der Waals surface area (Å²) in [6.45, 7) is 4.00. The number of carbonyl (C=O) groups is 1. The number of benzene rings is 1. The zero-order chi connectivity index (χ0) is 15.4. The first-order chi connectivity index (χ1) is 10.0. The average Bonchev–Trinajstić information content (AvgIpc) is 2.46. The normalized spacial score (nSPS) is 10.5. The van der Waals surface area contributed by atoms with Crippen molar-refractivity contribution in [2.24, 2.45) is 0 Å². The average molecular weight is 414 g/mol. The predicted molar refractivity (Wildman–Crippen MR) is 88.4 cm³/mol. The molecule has 110 valence electrons. The van der Waals surface area contributed by atoms with Crippen molar-refractivity contribution in [1.82, 2.24) is 15.2 Å². The minimum absolute atomic E-state index is 0.226. The van der Waals surface area contributed by atoms with E-state index in [-0.39, 0.29) is 11.9 Å². The van der Waals surface area contributed by atoms with Crippen LogP contribution in [-0.4, -0.2) is 21.1 Å². The molecule has 0 radical (unpaired) electrons. The third-order valence-corrected chi connectivity index (χ3v) is 4.06. The van der Waals surface area contributed by atoms with Gasteiger partial charge in [-0.3, -0.25) is 10.1 Å². The van der Waals surface area contributed by atoms with Gasteiger partial charge in [0.25, 0.3) is 5.91 Å². The highest BCUT2D eigenvalue weighted by molar-refractivity contribution is 9.11. The van der Waals surface area contributed by atoms with E-state index >= 15 is 0 Å². The Morgan fingerprint density at radius 3 is 2.48 bits per heavy atom. The number of nitrogens with zero attached hydrogens (tertiary/aromatic N) is 3. The van der Waals surface area contributed by atoms with Crippen LogP contribution in [0.3, 0.4) is 0 Å². The van der Waals surface area contributed by atoms with Crippen LogP contribution < -0.4 is 5.32 Å². The monoisotopic (exact) mass is 412 g/mol. The van der Waals surface area contributed by atoms with Crippen LogP contribution in [0.1, 0.15) is 35.6 Å². The quantitative estimate of drug-likeness (QED) is 0.828. The molecule has 0 spiro atoms. The van der Waals surface area contributed by atoms with E-state index in [0.717, 1.165) is 28.7 Å². The number of carbonyl (C=O) groups excluding carboxylic acids is 1. The molecule has 2 rings (SSSR count). The Bertz CT molecular complexity index is 676. The van der Waals surface area contributed by atoms with Crippen molar-refractivity contribution in [2.75, 3.05) is 5.32 Å². The Morgan fingerprint density at radius 1 is 1.14 bits per heavy atom. The lowest BCUT2D eigenvalue weighted by molar-refractivity contribution is 0.102. The van der Waals surface area contributed by atoms with E-state index in [1.54, 1.807) is 12.1 Å². The molecule has 0 bridgehead atoms. The Balaban J connectivity index is 2.23. The first-order valence-corrected chi connectivity index (χ1v) is 8.12. The molecule has 0 saturated heterocycles. The highest BCUT2D eigenvalue weighted by Crippen LogP contribution is 2.22. The molecule has 0 unspecified atom stereocenters. The number of rotatable bonds is 4. The van der Waals surface area contributed by atoms with Crippen LogP contribution in [0, 0.1) is 0 Å². The smallest absolute Gasteiger partial charge is 0.259 e. The molecule has 5 nitrogen and oxygen atoms in total. The van der Waals surface area contributed by atoms with Gasteiger partial charge >= 0.3 is 0 Å². The van der Waals surface area contributed by atoms with Crippen molar-refractivity contribution in [2.45, 2.75) is 26.7 Å². The van der Waals surface area contributed by atoms with Gasteiger partial charge in [0.2, 0.25) is 5.95 Å². The maximum Gasteiger partial charge on any atom is 0.259 e. The van der Waals surface area contributed by atoms with E-state index in [4.69, 9.17) is 0 Å². The molecule has 1 aromatic heterocycles. The second kappa shape index (κ2) is 7.09. The van der Waals surface area contributed by atoms with E-state index in [0.29, 0.717) is 10.0 Å². The molecule has 2 aromatic rings. The molecule has 1 aromatic carbocycles. The topological polar surface area (TPSA) is 67.8 Å². The van der Waals surface area contributed by atoms with Crippen molar-refractivity contribution in [1.29, 1.82) is 0 Å². The Hall–Kier alpha value is -1.34. The van der Waals surface area contributed by atoms with Gasteiger partial charge in [-0.15, -0.1) is 10.2 Å². The molecule has 1 N–H and O–H groups in total. The minimum Gasteiger partial charge on any atom is -0.289 e. The fourth-order valence-electron chi connectivity index (χ4n) is 1.83. The summed E-state index contributed by atoms with van der Waals surface area (Å²) in [7, 11) is 0. The summed E-state index contributed by atoms with van der Waals surface area (Å²) in [6, 6.07) is 5.33. The molecule has 0 saturated carbocycles. The molecule has 0 fully saturated rings. The SMILES string of the molecule is CCc1nnc(NC(=O)c2ccc(Br)cc2Br)nc1CC. The van der Waals surface area contributed by atoms with Crippen LogP contribution in [0.4, 0.5) is 5.95 Å². The third kappa shape index (κ3) is 3.85. The summed E-state index contributed by atoms with van der Waals surface area (Å²) < 4.78 is 1.59. The second-order valence-corrected chi connectivity index (χ2v) is 6.08. The van der Waals surface area contributed by atoms with Crippen LogP contribution in [0.25, 0.3) is 0 Å². The predicted octanol–water partition coefficient (Wildman–Crippen LogP) is 3.77. The molecule has 0 aliphatic carbocycles. The molecule has 1 heterocycles. The Morgan fingerprint density at radius 2 is 1.86 bits per heavy atom. The van der Waals surface area contributed by atoms with Crippen LogP contribution in [0.5, 0.6) is 0 Å². The van der Waals surface area contributed by atoms with Gasteiger partial charge in [-0.2, -0.15) is 0 Å². The number of aryl methyl sites for hydroxylation is 2. The summed E-state index contributed by atoms with van der Waals surface area (Å²) in [5.41, 5.74) is 2.23. The number of hydrogen-bond acceptors (Lipinski definition) is 4. The highest BCUT2D eigenvalue weighted by Gasteiger charge is 2.13. The van der Waals surface area contributed by atoms with Crippen molar-refractivity contribution >= 4 is 43.7 Å². The van der Waals surface area contributed by atoms with E-state index in [2.05, 4.69) is 52.4 Å². The fourth-order valence-corrected chi connectivity index (χ4v) is 3.06. The molecular weight excluding hydrogens is 400 g/mol. The molecule has 1 amide bonds. The Labute approximate surface area is 139 Å². The first-order valence-electron chi connectivity index (χ1n) is 6.54. The summed E-state index contributed by atoms with van der Waals surface area (Å²) in [5, 5.41) is 10.7. The largest absolute Gasteiger partial charge is 0.289 e. The number of nitrogens with one attached hydrogen (secondary N) is 1. The Kier molecular flexibility index (Phi) is 5.41. The zero-order valence-electron chi connectivity index (χ0n) is 11.7. The van der Waals surface area contributed by atoms with Crippen molar-refractivity contribution < 1.29 is 4.79 Å². The van der Waals surface area contributed by atoms with Crippen LogP contribution in [0.15, 0.2) is 27.1 Å². The third-order valence-electron chi connectivity index (χ3n) is 2.91. The number of aromatic nitrogens is 3. The lowest BCUT2D eigenvalue weighted by Gasteiger charge is -2.08. The molecule has 0 aliphatic rings. The highest BCUT2D eigenvalue weighted by atomic mass is 79.9. The first kappa shape index (κ1) is 16.0. The van der Waals surface area contributed by atoms with E-state index in [1.165, 1.54) is 0 Å². The van der Waals surface area contributed by atoms with Crippen molar-refractivity contribution in [3.8, 4) is 0 Å². The number of amides is 1. The summed E-state index contributed by atoms with van der Waals surface area (Å²) >= 11 is 6.72. The summed E-state index contributed by atoms with van der Waals surface area (Å²) in [4.78, 5) is 16.6. The maximum atomic E-state index is 12.2. The molecule has 21 heavy (non-hydrogen) atoms. The minimum atomic E-state index is -0.275. The summed E-state index contributed by atoms with van der Waals surface area (Å²) in [6.07, 6.45) is 1.53. The van der Waals surface area contributed by atoms with Crippen LogP contribution in [0.2, 0.25) is 0 Å². The standard InChI is InChI=1S/C14H14Br2N4O/c1-3-11-12(4-2)19-20-14(17-11)18-13(21)9-6-5-8(15)7-10(9)16/h5-7H,3-4H2,1-2H3,(H,17,18,20,21). The van der Waals surface area contributed by atoms with Crippen LogP contribution in [-0.2, 0) is 12.8 Å². The summed E-state index contributed by atoms with van der Waals surface area (Å²) in [5.74, 6) is -0.0497. The number of anilines is 1. The number of hydrogen-bond donors (Lipinski definition) is 1. The van der Waals surface area contributed by atoms with Gasteiger partial charge in [0, 0.05) is 8.95 Å². The molecule has 0 atom stereocenters. The van der Waals surface area contributed by atoms with Crippen molar-refractivity contribution in [3.05, 3.63) is 44.1 Å². The van der Waals surface area contributed by atoms with Gasteiger partial charge < -0.3 is 0 Å². The molecule has 7 heteroatoms. The van der Waals surface area contributed by atoms with Gasteiger partial charge in [-0.25, -0.2) is 4.98 Å². The van der Waals surface area contributed by atoms with Gasteiger partial charge in [0.15, 0.2) is 0 Å².